The molecule has 20 rings (SSSR count). The lowest BCUT2D eigenvalue weighted by atomic mass is 9.67. The zero-order chi connectivity index (χ0) is 69.6. The van der Waals surface area contributed by atoms with Crippen LogP contribution in [0.2, 0.25) is 0 Å². The van der Waals surface area contributed by atoms with E-state index in [1.165, 1.54) is 148 Å². The first-order valence-corrected chi connectivity index (χ1v) is 37.5. The number of hydrogen-bond acceptors (Lipinski definition) is 4. The average Bonchev–Trinajstić information content (AvgIpc) is 1.53. The molecule has 12 aromatic carbocycles. The lowest BCUT2D eigenvalue weighted by Crippen LogP contribution is -2.32. The van der Waals surface area contributed by atoms with Crippen LogP contribution in [-0.2, 0) is 38.9 Å². The standard InChI is InChI=1S/C98H88N2O2/c1-56-43-57(2)91-77-41-34-67(53-89(77)101-90(91)44-56)99(64-30-39-73-69-20-15-17-23-81(69)98(86(73)52-64)55-58-25-27-62(98)45-58)63-31-40-74-78-46-59(26-42-80(78)96(10,11)85(74)49-63)54-94(6,7)61-29-35-70-72-38-33-66(51-84(72)97(12,13)82(70)47-61)100(65-32-37-71-68-19-14-16-22-79(68)95(8,9)83(71)50-65)87-24-18-21-76-75-36-28-60(93(3,4)5)48-88(75)102-92(76)87/h14-24,26,28-44,46-53,58,62H,25,27,45,54-55H2,1-13H3. The fourth-order valence-corrected chi connectivity index (χ4v) is 21.0. The van der Waals surface area contributed by atoms with E-state index in [1.807, 2.05) is 0 Å². The molecule has 3 unspecified atom stereocenters. The molecule has 2 saturated carbocycles. The third-order valence-corrected chi connectivity index (χ3v) is 26.2. The number of furan rings is 2. The van der Waals surface area contributed by atoms with Crippen LogP contribution in [-0.4, -0.2) is 0 Å². The van der Waals surface area contributed by atoms with Gasteiger partial charge in [-0.1, -0.05) is 222 Å². The Kier molecular flexibility index (Phi) is 12.7. The van der Waals surface area contributed by atoms with Gasteiger partial charge in [0.2, 0.25) is 0 Å². The van der Waals surface area contributed by atoms with Gasteiger partial charge in [0.25, 0.3) is 0 Å². The van der Waals surface area contributed by atoms with Crippen LogP contribution in [0.3, 0.4) is 0 Å². The van der Waals surface area contributed by atoms with Crippen molar-refractivity contribution in [3.05, 3.63) is 297 Å². The Bertz CT molecular complexity index is 5990. The first-order valence-electron chi connectivity index (χ1n) is 37.5. The summed E-state index contributed by atoms with van der Waals surface area (Å²) in [6.45, 7) is 30.6. The van der Waals surface area contributed by atoms with Gasteiger partial charge in [-0.15, -0.1) is 0 Å². The molecule has 4 heteroatoms. The highest BCUT2D eigenvalue weighted by Gasteiger charge is 2.57. The summed E-state index contributed by atoms with van der Waals surface area (Å²) in [6, 6.07) is 87.2. The van der Waals surface area contributed by atoms with E-state index in [-0.39, 0.29) is 32.5 Å². The lowest BCUT2D eigenvalue weighted by molar-refractivity contribution is 0.327. The summed E-state index contributed by atoms with van der Waals surface area (Å²) in [6.07, 6.45) is 6.16. The molecule has 6 aliphatic rings. The summed E-state index contributed by atoms with van der Waals surface area (Å²) in [5.74, 6) is 1.46. The maximum atomic E-state index is 7.10. The molecule has 2 bridgehead atoms. The molecule has 14 aromatic rings. The molecule has 6 aliphatic carbocycles. The number of nitrogens with zero attached hydrogens (tertiary/aromatic N) is 2. The van der Waals surface area contributed by atoms with Crippen molar-refractivity contribution in [2.75, 3.05) is 9.80 Å². The van der Waals surface area contributed by atoms with Crippen molar-refractivity contribution >= 4 is 78.0 Å². The number of fused-ring (bicyclic) bond motifs is 23. The summed E-state index contributed by atoms with van der Waals surface area (Å²) in [5, 5.41) is 4.62. The Hall–Kier alpha value is -10.2. The maximum Gasteiger partial charge on any atom is 0.159 e. The Labute approximate surface area is 600 Å². The van der Waals surface area contributed by atoms with Crippen LogP contribution in [0.5, 0.6) is 0 Å². The van der Waals surface area contributed by atoms with Gasteiger partial charge in [0.1, 0.15) is 16.7 Å². The third-order valence-electron chi connectivity index (χ3n) is 26.2. The molecule has 0 amide bonds. The molecule has 0 N–H and O–H groups in total. The third kappa shape index (κ3) is 8.62. The second kappa shape index (κ2) is 21.0. The van der Waals surface area contributed by atoms with Crippen molar-refractivity contribution in [1.29, 1.82) is 0 Å². The highest BCUT2D eigenvalue weighted by Crippen LogP contribution is 2.67. The number of benzene rings is 12. The van der Waals surface area contributed by atoms with Gasteiger partial charge in [0, 0.05) is 77.7 Å². The minimum absolute atomic E-state index is 0.0133. The van der Waals surface area contributed by atoms with Crippen molar-refractivity contribution in [2.24, 2.45) is 11.8 Å². The largest absolute Gasteiger partial charge is 0.456 e. The van der Waals surface area contributed by atoms with Crippen LogP contribution in [0.15, 0.2) is 233 Å². The van der Waals surface area contributed by atoms with E-state index in [0.717, 1.165) is 79.3 Å². The van der Waals surface area contributed by atoms with Crippen molar-refractivity contribution in [3.8, 4) is 44.5 Å². The monoisotopic (exact) mass is 1320 g/mol. The fourth-order valence-electron chi connectivity index (χ4n) is 21.0. The molecular formula is C98H88N2O2. The molecule has 0 radical (unpaired) electrons. The van der Waals surface area contributed by atoms with Crippen molar-refractivity contribution < 1.29 is 8.83 Å². The van der Waals surface area contributed by atoms with Gasteiger partial charge in [0.05, 0.1) is 5.69 Å². The van der Waals surface area contributed by atoms with Gasteiger partial charge >= 0.3 is 0 Å². The second-order valence-electron chi connectivity index (χ2n) is 34.8. The Morgan fingerprint density at radius 1 is 0.392 bits per heavy atom. The SMILES string of the molecule is Cc1cc(C)c2c(c1)oc1cc(N(c3ccc4c(c3)C(C)(C)c3ccc(CC(C)(C)c5ccc6c(c5)C(C)(C)c5cc(N(c7ccc8c(c7)C(C)(C)c7ccccc7-8)c7cccc8c7oc7cc(C(C)(C)C)ccc78)ccc5-6)cc3-4)c3ccc4c(c3)C3(CC5CCC3C5)c3ccccc3-4)ccc12. The minimum atomic E-state index is -0.283. The molecule has 2 aromatic heterocycles. The van der Waals surface area contributed by atoms with E-state index in [0.29, 0.717) is 5.92 Å². The topological polar surface area (TPSA) is 32.8 Å². The molecule has 2 fully saturated rings. The minimum Gasteiger partial charge on any atom is -0.456 e. The van der Waals surface area contributed by atoms with Gasteiger partial charge < -0.3 is 18.6 Å². The molecule has 1 spiro atoms. The summed E-state index contributed by atoms with van der Waals surface area (Å²) in [7, 11) is 0. The quantitative estimate of drug-likeness (QED) is 0.144. The Morgan fingerprint density at radius 3 is 1.58 bits per heavy atom. The first kappa shape index (κ1) is 61.7. The van der Waals surface area contributed by atoms with Gasteiger partial charge in [-0.05, 0) is 258 Å². The van der Waals surface area contributed by atoms with Gasteiger partial charge in [-0.3, -0.25) is 0 Å². The van der Waals surface area contributed by atoms with E-state index in [1.54, 1.807) is 5.56 Å². The molecule has 102 heavy (non-hydrogen) atoms. The summed E-state index contributed by atoms with van der Waals surface area (Å²) < 4.78 is 13.9. The van der Waals surface area contributed by atoms with E-state index in [2.05, 4.69) is 324 Å². The van der Waals surface area contributed by atoms with Crippen LogP contribution < -0.4 is 9.80 Å². The van der Waals surface area contributed by atoms with E-state index in [4.69, 9.17) is 8.83 Å². The Morgan fingerprint density at radius 2 is 0.922 bits per heavy atom. The van der Waals surface area contributed by atoms with E-state index >= 15 is 0 Å². The number of rotatable bonds is 9. The van der Waals surface area contributed by atoms with Gasteiger partial charge in [0.15, 0.2) is 5.58 Å². The van der Waals surface area contributed by atoms with Crippen LogP contribution in [0.25, 0.3) is 88.4 Å². The van der Waals surface area contributed by atoms with Gasteiger partial charge in [-0.2, -0.15) is 0 Å². The summed E-state index contributed by atoms with van der Waals surface area (Å²) in [5.41, 5.74) is 38.0. The normalized spacial score (nSPS) is 18.8. The van der Waals surface area contributed by atoms with Crippen molar-refractivity contribution in [1.82, 2.24) is 0 Å². The Balaban J connectivity index is 0.643. The molecule has 0 saturated heterocycles. The predicted molar refractivity (Wildman–Crippen MR) is 426 cm³/mol. The van der Waals surface area contributed by atoms with Crippen molar-refractivity contribution in [3.63, 3.8) is 0 Å². The summed E-state index contributed by atoms with van der Waals surface area (Å²) >= 11 is 0. The maximum absolute atomic E-state index is 7.10. The number of aryl methyl sites for hydroxylation is 2. The molecule has 2 heterocycles. The second-order valence-corrected chi connectivity index (χ2v) is 34.8. The smallest absolute Gasteiger partial charge is 0.159 e. The molecule has 502 valence electrons. The van der Waals surface area contributed by atoms with Crippen LogP contribution in [0.1, 0.15) is 174 Å². The fraction of sp³-hybridized carbons (Fsp3) is 0.265. The van der Waals surface area contributed by atoms with Crippen LogP contribution in [0, 0.1) is 25.7 Å². The predicted octanol–water partition coefficient (Wildman–Crippen LogP) is 26.9. The van der Waals surface area contributed by atoms with E-state index in [9.17, 15) is 0 Å². The zero-order valence-electron chi connectivity index (χ0n) is 61.3. The number of para-hydroxylation sites is 1. The molecular weight excluding hydrogens is 1240 g/mol. The molecule has 0 aliphatic heterocycles. The van der Waals surface area contributed by atoms with Crippen LogP contribution in [0.4, 0.5) is 34.1 Å². The van der Waals surface area contributed by atoms with Crippen molar-refractivity contribution in [2.45, 2.75) is 155 Å². The van der Waals surface area contributed by atoms with E-state index < -0.39 is 0 Å². The zero-order valence-corrected chi connectivity index (χ0v) is 61.3. The lowest BCUT2D eigenvalue weighted by Gasteiger charge is -2.37. The van der Waals surface area contributed by atoms with Crippen LogP contribution >= 0.6 is 0 Å². The first-order chi connectivity index (χ1) is 48.9. The average molecular weight is 1330 g/mol. The highest BCUT2D eigenvalue weighted by molar-refractivity contribution is 6.11. The number of hydrogen-bond donors (Lipinski definition) is 0. The molecule has 3 atom stereocenters. The number of anilines is 6. The summed E-state index contributed by atoms with van der Waals surface area (Å²) in [4.78, 5) is 5.01. The highest BCUT2D eigenvalue weighted by atomic mass is 16.3. The molecule has 4 nitrogen and oxygen atoms in total. The van der Waals surface area contributed by atoms with Gasteiger partial charge in [-0.25, -0.2) is 0 Å².